The van der Waals surface area contributed by atoms with E-state index in [-0.39, 0.29) is 0 Å². The third-order valence-corrected chi connectivity index (χ3v) is 1.19. The van der Waals surface area contributed by atoms with Gasteiger partial charge in [-0.2, -0.15) is 0 Å². The summed E-state index contributed by atoms with van der Waals surface area (Å²) in [6, 6.07) is 0. The molecule has 1 radical (unpaired) electrons. The number of hydrogen-bond acceptors (Lipinski definition) is 1. The van der Waals surface area contributed by atoms with Gasteiger partial charge in [-0.05, 0) is 19.3 Å². The van der Waals surface area contributed by atoms with Gasteiger partial charge in [0.1, 0.15) is 0 Å². The van der Waals surface area contributed by atoms with Gasteiger partial charge in [0.25, 0.3) is 0 Å². The molecule has 1 nitrogen and oxygen atoms in total. The van der Waals surface area contributed by atoms with Gasteiger partial charge in [0.05, 0.1) is 0 Å². The number of rotatable bonds is 3. The van der Waals surface area contributed by atoms with E-state index in [1.807, 2.05) is 7.05 Å². The Morgan fingerprint density at radius 3 is 2.38 bits per heavy atom. The average Bonchev–Trinajstić information content (AvgIpc) is 1.83. The predicted octanol–water partition coefficient (Wildman–Crippen LogP) is 2.08. The summed E-state index contributed by atoms with van der Waals surface area (Å²) in [6.45, 7) is 5.86. The fraction of sp³-hybridized carbons (Fsp3) is 0.714. The molecule has 8 heavy (non-hydrogen) atoms. The Morgan fingerprint density at radius 2 is 2.25 bits per heavy atom. The molecule has 0 aliphatic carbocycles. The van der Waals surface area contributed by atoms with Gasteiger partial charge in [-0.3, -0.25) is 4.99 Å². The Morgan fingerprint density at radius 1 is 1.62 bits per heavy atom. The van der Waals surface area contributed by atoms with Crippen LogP contribution in [-0.2, 0) is 0 Å². The van der Waals surface area contributed by atoms with Crippen molar-refractivity contribution in [1.82, 2.24) is 0 Å². The summed E-state index contributed by atoms with van der Waals surface area (Å²) in [5, 5.41) is 0. The Bertz CT molecular complexity index is 74.5. The van der Waals surface area contributed by atoms with Crippen molar-refractivity contribution in [2.45, 2.75) is 26.2 Å². The van der Waals surface area contributed by atoms with Gasteiger partial charge < -0.3 is 0 Å². The van der Waals surface area contributed by atoms with E-state index in [1.54, 1.807) is 0 Å². The molecule has 47 valence electrons. The maximum absolute atomic E-state index is 4.07. The van der Waals surface area contributed by atoms with E-state index < -0.39 is 0 Å². The van der Waals surface area contributed by atoms with E-state index in [0.29, 0.717) is 0 Å². The number of aliphatic imine (C=N–C) groups is 1. The first-order valence-electron chi connectivity index (χ1n) is 3.09. The maximum atomic E-state index is 4.07. The standard InChI is InChI=1S/C7H14N/c1-4-6-7(5-2)8-3/h1,4-6H2,2-3H3. The SMILES string of the molecule is [CH2]CCC(CC)=NC. The second kappa shape index (κ2) is 4.82. The molecular weight excluding hydrogens is 98.1 g/mol. The van der Waals surface area contributed by atoms with Gasteiger partial charge in [0.15, 0.2) is 0 Å². The summed E-state index contributed by atoms with van der Waals surface area (Å²) < 4.78 is 0. The molecule has 1 heteroatoms. The molecule has 0 fully saturated rings. The van der Waals surface area contributed by atoms with Crippen LogP contribution in [0.5, 0.6) is 0 Å². The summed E-state index contributed by atoms with van der Waals surface area (Å²) in [7, 11) is 1.84. The smallest absolute Gasteiger partial charge is 0.0276 e. The van der Waals surface area contributed by atoms with Crippen molar-refractivity contribution in [1.29, 1.82) is 0 Å². The largest absolute Gasteiger partial charge is 0.297 e. The van der Waals surface area contributed by atoms with Crippen LogP contribution in [0.2, 0.25) is 0 Å². The van der Waals surface area contributed by atoms with E-state index in [2.05, 4.69) is 18.8 Å². The van der Waals surface area contributed by atoms with Crippen molar-refractivity contribution >= 4 is 5.71 Å². The van der Waals surface area contributed by atoms with Gasteiger partial charge in [0, 0.05) is 12.8 Å². The van der Waals surface area contributed by atoms with Gasteiger partial charge in [-0.25, -0.2) is 0 Å². The second-order valence-electron chi connectivity index (χ2n) is 1.75. The third-order valence-electron chi connectivity index (χ3n) is 1.19. The lowest BCUT2D eigenvalue weighted by atomic mass is 10.2. The van der Waals surface area contributed by atoms with Crippen molar-refractivity contribution in [2.24, 2.45) is 4.99 Å². The van der Waals surface area contributed by atoms with Crippen LogP contribution in [-0.4, -0.2) is 12.8 Å². The Kier molecular flexibility index (Phi) is 4.62. The van der Waals surface area contributed by atoms with E-state index in [0.717, 1.165) is 19.3 Å². The van der Waals surface area contributed by atoms with Crippen molar-refractivity contribution in [2.75, 3.05) is 7.05 Å². The van der Waals surface area contributed by atoms with Crippen LogP contribution < -0.4 is 0 Å². The molecule has 0 aliphatic rings. The molecule has 0 aromatic carbocycles. The van der Waals surface area contributed by atoms with Gasteiger partial charge in [-0.1, -0.05) is 13.8 Å². The Labute approximate surface area is 51.8 Å². The third kappa shape index (κ3) is 2.78. The molecule has 0 aromatic heterocycles. The Hall–Kier alpha value is -0.330. The molecule has 0 rings (SSSR count). The molecule has 0 atom stereocenters. The van der Waals surface area contributed by atoms with Crippen LogP contribution in [0, 0.1) is 6.92 Å². The zero-order chi connectivity index (χ0) is 6.41. The predicted molar refractivity (Wildman–Crippen MR) is 38.2 cm³/mol. The van der Waals surface area contributed by atoms with Crippen molar-refractivity contribution in [3.05, 3.63) is 6.92 Å². The van der Waals surface area contributed by atoms with Crippen molar-refractivity contribution < 1.29 is 0 Å². The summed E-state index contributed by atoms with van der Waals surface area (Å²) >= 11 is 0. The van der Waals surface area contributed by atoms with E-state index in [9.17, 15) is 0 Å². The minimum atomic E-state index is 0.973. The van der Waals surface area contributed by atoms with Gasteiger partial charge in [0.2, 0.25) is 0 Å². The minimum Gasteiger partial charge on any atom is -0.297 e. The highest BCUT2D eigenvalue weighted by Crippen LogP contribution is 1.94. The monoisotopic (exact) mass is 112 g/mol. The molecule has 0 saturated heterocycles. The van der Waals surface area contributed by atoms with Crippen molar-refractivity contribution in [3.63, 3.8) is 0 Å². The van der Waals surface area contributed by atoms with Crippen molar-refractivity contribution in [3.8, 4) is 0 Å². The summed E-state index contributed by atoms with van der Waals surface area (Å²) in [5.41, 5.74) is 1.28. The topological polar surface area (TPSA) is 12.4 Å². The first-order chi connectivity index (χ1) is 3.85. The van der Waals surface area contributed by atoms with Gasteiger partial charge >= 0.3 is 0 Å². The summed E-state index contributed by atoms with van der Waals surface area (Å²) in [5.74, 6) is 0. The Balaban J connectivity index is 3.38. The van der Waals surface area contributed by atoms with Crippen LogP contribution in [0.15, 0.2) is 4.99 Å². The molecule has 0 heterocycles. The van der Waals surface area contributed by atoms with Crippen LogP contribution in [0.1, 0.15) is 26.2 Å². The quantitative estimate of drug-likeness (QED) is 0.496. The molecule has 0 N–H and O–H groups in total. The van der Waals surface area contributed by atoms with Crippen LogP contribution >= 0.6 is 0 Å². The fourth-order valence-electron chi connectivity index (χ4n) is 0.651. The van der Waals surface area contributed by atoms with Crippen LogP contribution in [0.3, 0.4) is 0 Å². The lowest BCUT2D eigenvalue weighted by Gasteiger charge is -1.95. The first kappa shape index (κ1) is 7.67. The second-order valence-corrected chi connectivity index (χ2v) is 1.75. The maximum Gasteiger partial charge on any atom is 0.0276 e. The zero-order valence-corrected chi connectivity index (χ0v) is 5.78. The molecular formula is C7H14N. The normalized spacial score (nSPS) is 12.1. The highest BCUT2D eigenvalue weighted by molar-refractivity contribution is 5.83. The van der Waals surface area contributed by atoms with Crippen LogP contribution in [0.25, 0.3) is 0 Å². The van der Waals surface area contributed by atoms with Crippen LogP contribution in [0.4, 0.5) is 0 Å². The summed E-state index contributed by atoms with van der Waals surface area (Å²) in [6.07, 6.45) is 3.11. The molecule has 0 amide bonds. The first-order valence-corrected chi connectivity index (χ1v) is 3.09. The number of nitrogens with zero attached hydrogens (tertiary/aromatic N) is 1. The minimum absolute atomic E-state index is 0.973. The summed E-state index contributed by atoms with van der Waals surface area (Å²) in [4.78, 5) is 4.07. The molecule has 0 spiro atoms. The molecule has 0 bridgehead atoms. The fourth-order valence-corrected chi connectivity index (χ4v) is 0.651. The van der Waals surface area contributed by atoms with E-state index in [4.69, 9.17) is 0 Å². The molecule has 0 aliphatic heterocycles. The molecule has 0 aromatic rings. The average molecular weight is 112 g/mol. The highest BCUT2D eigenvalue weighted by atomic mass is 14.7. The lowest BCUT2D eigenvalue weighted by Crippen LogP contribution is -1.93. The van der Waals surface area contributed by atoms with Gasteiger partial charge in [-0.15, -0.1) is 0 Å². The highest BCUT2D eigenvalue weighted by Gasteiger charge is 1.88. The molecule has 0 unspecified atom stereocenters. The lowest BCUT2D eigenvalue weighted by molar-refractivity contribution is 1.04. The number of hydrogen-bond donors (Lipinski definition) is 0. The molecule has 0 saturated carbocycles. The van der Waals surface area contributed by atoms with E-state index in [1.165, 1.54) is 5.71 Å². The zero-order valence-electron chi connectivity index (χ0n) is 5.78. The van der Waals surface area contributed by atoms with E-state index >= 15 is 0 Å².